The summed E-state index contributed by atoms with van der Waals surface area (Å²) in [6.45, 7) is 11.3. The first kappa shape index (κ1) is 26.2. The molecule has 196 valence electrons. The Hall–Kier alpha value is -2.92. The van der Waals surface area contributed by atoms with Crippen LogP contribution in [0.2, 0.25) is 0 Å². The van der Waals surface area contributed by atoms with Gasteiger partial charge in [0.25, 0.3) is 5.91 Å². The molecule has 0 aliphatic carbocycles. The van der Waals surface area contributed by atoms with Gasteiger partial charge in [-0.1, -0.05) is 27.7 Å². The quantitative estimate of drug-likeness (QED) is 0.492. The second-order valence-electron chi connectivity index (χ2n) is 10.4. The first-order valence-corrected chi connectivity index (χ1v) is 13.8. The molecule has 0 radical (unpaired) electrons. The summed E-state index contributed by atoms with van der Waals surface area (Å²) >= 11 is 0. The van der Waals surface area contributed by atoms with Crippen LogP contribution < -0.4 is 9.62 Å². The molecule has 1 amide bonds. The van der Waals surface area contributed by atoms with Crippen molar-refractivity contribution in [2.45, 2.75) is 58.9 Å². The number of aromatic nitrogens is 4. The fraction of sp³-hybridized carbons (Fsp3) is 0.560. The van der Waals surface area contributed by atoms with Crippen molar-refractivity contribution in [3.63, 3.8) is 0 Å². The lowest BCUT2D eigenvalue weighted by Gasteiger charge is -2.26. The van der Waals surface area contributed by atoms with Crippen molar-refractivity contribution in [3.8, 4) is 0 Å². The monoisotopic (exact) mass is 516 g/mol. The van der Waals surface area contributed by atoms with Gasteiger partial charge in [-0.2, -0.15) is 13.5 Å². The number of ether oxygens (including phenoxy) is 1. The average molecular weight is 517 g/mol. The number of anilines is 1. The van der Waals surface area contributed by atoms with Crippen LogP contribution in [0.5, 0.6) is 0 Å². The number of amides is 1. The van der Waals surface area contributed by atoms with Gasteiger partial charge in [-0.25, -0.2) is 4.98 Å². The van der Waals surface area contributed by atoms with Crippen LogP contribution >= 0.6 is 0 Å². The molecule has 0 bridgehead atoms. The lowest BCUT2D eigenvalue weighted by Crippen LogP contribution is -2.32. The smallest absolute Gasteiger partial charge is 0.345 e. The van der Waals surface area contributed by atoms with Crippen LogP contribution in [-0.2, 0) is 26.9 Å². The second kappa shape index (κ2) is 10.2. The van der Waals surface area contributed by atoms with E-state index in [-0.39, 0.29) is 16.9 Å². The predicted octanol–water partition coefficient (Wildman–Crippen LogP) is 3.33. The normalized spacial score (nSPS) is 15.4. The molecule has 0 saturated carbocycles. The minimum atomic E-state index is -4.04. The van der Waals surface area contributed by atoms with Crippen LogP contribution in [0.4, 0.5) is 5.69 Å². The zero-order valence-electron chi connectivity index (χ0n) is 21.7. The Morgan fingerprint density at radius 3 is 2.64 bits per heavy atom. The first-order valence-electron chi connectivity index (χ1n) is 12.4. The predicted molar refractivity (Wildman–Crippen MR) is 140 cm³/mol. The van der Waals surface area contributed by atoms with Gasteiger partial charge in [-0.3, -0.25) is 9.10 Å². The molecule has 0 spiro atoms. The number of benzene rings is 1. The fourth-order valence-corrected chi connectivity index (χ4v) is 5.45. The maximum atomic E-state index is 13.3. The Labute approximate surface area is 212 Å². The molecule has 36 heavy (non-hydrogen) atoms. The first-order chi connectivity index (χ1) is 17.0. The van der Waals surface area contributed by atoms with Crippen molar-refractivity contribution in [2.75, 3.05) is 31.1 Å². The molecule has 0 unspecified atom stereocenters. The van der Waals surface area contributed by atoms with E-state index in [9.17, 15) is 13.2 Å². The molecule has 3 aromatic rings. The molecule has 2 aromatic heterocycles. The number of hydrogen-bond donors (Lipinski definition) is 1. The molecule has 1 aliphatic rings. The van der Waals surface area contributed by atoms with E-state index in [4.69, 9.17) is 9.72 Å². The Balaban J connectivity index is 1.65. The molecular formula is C25H36N6O4S. The van der Waals surface area contributed by atoms with Crippen molar-refractivity contribution in [3.05, 3.63) is 42.0 Å². The van der Waals surface area contributed by atoms with Crippen molar-refractivity contribution < 1.29 is 17.9 Å². The fourth-order valence-electron chi connectivity index (χ4n) is 4.41. The van der Waals surface area contributed by atoms with E-state index < -0.39 is 10.2 Å². The molecular weight excluding hydrogens is 480 g/mol. The SMILES string of the molecule is CCCNC(=O)c1cnn(S(=O)(=O)N(C)c2ccc3c(c2)nc(C(C)(C)C)n3CC2CCOCC2)c1. The van der Waals surface area contributed by atoms with Crippen molar-refractivity contribution in [1.29, 1.82) is 0 Å². The maximum Gasteiger partial charge on any atom is 0.345 e. The largest absolute Gasteiger partial charge is 0.381 e. The van der Waals surface area contributed by atoms with E-state index in [1.807, 2.05) is 13.0 Å². The molecule has 3 heterocycles. The summed E-state index contributed by atoms with van der Waals surface area (Å²) in [6, 6.07) is 5.51. The maximum absolute atomic E-state index is 13.3. The van der Waals surface area contributed by atoms with Gasteiger partial charge in [0.15, 0.2) is 0 Å². The van der Waals surface area contributed by atoms with Gasteiger partial charge in [-0.05, 0) is 43.4 Å². The molecule has 1 saturated heterocycles. The number of fused-ring (bicyclic) bond motifs is 1. The highest BCUT2D eigenvalue weighted by atomic mass is 32.2. The van der Waals surface area contributed by atoms with E-state index in [1.165, 1.54) is 19.4 Å². The number of carbonyl (C=O) groups is 1. The summed E-state index contributed by atoms with van der Waals surface area (Å²) in [5.41, 5.74) is 2.21. The summed E-state index contributed by atoms with van der Waals surface area (Å²) in [4.78, 5) is 17.1. The highest BCUT2D eigenvalue weighted by molar-refractivity contribution is 7.91. The van der Waals surface area contributed by atoms with Gasteiger partial charge in [0.2, 0.25) is 0 Å². The molecule has 11 heteroatoms. The van der Waals surface area contributed by atoms with Crippen LogP contribution in [0.3, 0.4) is 0 Å². The molecule has 1 aromatic carbocycles. The van der Waals surface area contributed by atoms with E-state index in [2.05, 4.69) is 35.8 Å². The highest BCUT2D eigenvalue weighted by Gasteiger charge is 2.27. The van der Waals surface area contributed by atoms with Crippen LogP contribution in [0.15, 0.2) is 30.6 Å². The minimum Gasteiger partial charge on any atom is -0.381 e. The van der Waals surface area contributed by atoms with Crippen LogP contribution in [0, 0.1) is 5.92 Å². The average Bonchev–Trinajstić information content (AvgIpc) is 3.48. The van der Waals surface area contributed by atoms with E-state index in [0.717, 1.165) is 64.3 Å². The van der Waals surface area contributed by atoms with Crippen molar-refractivity contribution in [1.82, 2.24) is 24.1 Å². The number of rotatable bonds is 8. The summed E-state index contributed by atoms with van der Waals surface area (Å²) in [5.74, 6) is 1.14. The summed E-state index contributed by atoms with van der Waals surface area (Å²) in [7, 11) is -2.57. The Bertz CT molecular complexity index is 1330. The number of hydrogen-bond acceptors (Lipinski definition) is 6. The van der Waals surface area contributed by atoms with Crippen LogP contribution in [0.25, 0.3) is 11.0 Å². The van der Waals surface area contributed by atoms with E-state index in [0.29, 0.717) is 18.2 Å². The number of nitrogens with zero attached hydrogens (tertiary/aromatic N) is 5. The molecule has 4 rings (SSSR count). The van der Waals surface area contributed by atoms with Gasteiger partial charge in [0, 0.05) is 38.8 Å². The van der Waals surface area contributed by atoms with Gasteiger partial charge < -0.3 is 14.6 Å². The second-order valence-corrected chi connectivity index (χ2v) is 12.2. The van der Waals surface area contributed by atoms with Gasteiger partial charge >= 0.3 is 10.2 Å². The zero-order valence-corrected chi connectivity index (χ0v) is 22.5. The lowest BCUT2D eigenvalue weighted by atomic mass is 9.94. The summed E-state index contributed by atoms with van der Waals surface area (Å²) in [6.07, 6.45) is 5.31. The Morgan fingerprint density at radius 1 is 1.25 bits per heavy atom. The third kappa shape index (κ3) is 5.27. The Morgan fingerprint density at radius 2 is 1.97 bits per heavy atom. The van der Waals surface area contributed by atoms with Crippen LogP contribution in [0.1, 0.15) is 63.1 Å². The van der Waals surface area contributed by atoms with Gasteiger partial charge in [-0.15, -0.1) is 4.09 Å². The minimum absolute atomic E-state index is 0.174. The molecule has 1 N–H and O–H groups in total. The molecule has 1 fully saturated rings. The van der Waals surface area contributed by atoms with Crippen molar-refractivity contribution in [2.24, 2.45) is 5.92 Å². The third-order valence-electron chi connectivity index (χ3n) is 6.49. The zero-order chi connectivity index (χ0) is 26.1. The Kier molecular flexibility index (Phi) is 7.42. The number of imidazole rings is 1. The van der Waals surface area contributed by atoms with Crippen LogP contribution in [-0.4, -0.2) is 59.9 Å². The highest BCUT2D eigenvalue weighted by Crippen LogP contribution is 2.31. The molecule has 10 nitrogen and oxygen atoms in total. The third-order valence-corrected chi connectivity index (χ3v) is 8.06. The molecule has 0 atom stereocenters. The topological polar surface area (TPSA) is 111 Å². The number of carbonyl (C=O) groups excluding carboxylic acids is 1. The van der Waals surface area contributed by atoms with Gasteiger partial charge in [0.1, 0.15) is 5.82 Å². The lowest BCUT2D eigenvalue weighted by molar-refractivity contribution is 0.0611. The standard InChI is InChI=1S/C25H36N6O4S/c1-6-11-26-23(32)19-15-27-31(17-19)36(33,34)29(5)20-7-8-22-21(14-20)28-24(25(2,3)4)30(22)16-18-9-12-35-13-10-18/h7-8,14-15,17-18H,6,9-13,16H2,1-5H3,(H,26,32). The van der Waals surface area contributed by atoms with Crippen molar-refractivity contribution >= 4 is 32.8 Å². The summed E-state index contributed by atoms with van der Waals surface area (Å²) in [5, 5.41) is 6.66. The number of nitrogens with one attached hydrogen (secondary N) is 1. The molecule has 1 aliphatic heterocycles. The van der Waals surface area contributed by atoms with E-state index >= 15 is 0 Å². The summed E-state index contributed by atoms with van der Waals surface area (Å²) < 4.78 is 36.3. The van der Waals surface area contributed by atoms with Gasteiger partial charge in [0.05, 0.1) is 34.7 Å². The van der Waals surface area contributed by atoms with E-state index in [1.54, 1.807) is 12.1 Å².